The lowest BCUT2D eigenvalue weighted by Crippen LogP contribution is -1.88. The molecule has 0 saturated heterocycles. The van der Waals surface area contributed by atoms with E-state index in [4.69, 9.17) is 10.5 Å². The van der Waals surface area contributed by atoms with E-state index in [1.54, 1.807) is 12.1 Å². The molecule has 0 saturated carbocycles. The second kappa shape index (κ2) is 5.49. The maximum absolute atomic E-state index is 10.3. The Morgan fingerprint density at radius 1 is 1.50 bits per heavy atom. The molecule has 0 fully saturated rings. The van der Waals surface area contributed by atoms with Crippen LogP contribution in [-0.2, 0) is 0 Å². The first-order valence-electron chi connectivity index (χ1n) is 3.95. The Morgan fingerprint density at radius 3 is 2.62 bits per heavy atom. The Morgan fingerprint density at radius 2 is 2.19 bits per heavy atom. The molecular weight excluding hydrogens is 228 g/mol. The smallest absolute Gasteiger partial charge is 0.258 e. The average Bonchev–Trinajstić information content (AvgIpc) is 2.31. The van der Waals surface area contributed by atoms with E-state index in [1.165, 1.54) is 17.5 Å². The summed E-state index contributed by atoms with van der Waals surface area (Å²) in [6.07, 6.45) is 1.12. The van der Waals surface area contributed by atoms with Gasteiger partial charge in [-0.1, -0.05) is 11.8 Å². The molecule has 0 spiro atoms. The highest BCUT2D eigenvalue weighted by Crippen LogP contribution is 2.20. The molecule has 0 N–H and O–H groups in total. The van der Waals surface area contributed by atoms with Crippen LogP contribution in [0.3, 0.4) is 0 Å². The van der Waals surface area contributed by atoms with Crippen molar-refractivity contribution in [3.8, 4) is 12.1 Å². The van der Waals surface area contributed by atoms with Crippen molar-refractivity contribution in [2.75, 3.05) is 0 Å². The van der Waals surface area contributed by atoms with Gasteiger partial charge in [0.2, 0.25) is 0 Å². The van der Waals surface area contributed by atoms with Crippen LogP contribution in [0, 0.1) is 32.8 Å². The lowest BCUT2D eigenvalue weighted by molar-refractivity contribution is -0.385. The number of nitrogens with zero attached hydrogens (tertiary/aromatic N) is 4. The Labute approximate surface area is 95.0 Å². The molecule has 0 aromatic carbocycles. The van der Waals surface area contributed by atoms with Crippen molar-refractivity contribution in [3.05, 3.63) is 39.4 Å². The first-order valence-corrected chi connectivity index (χ1v) is 4.83. The number of aromatic nitrogens is 1. The highest BCUT2D eigenvalue weighted by atomic mass is 32.2. The number of rotatable bonds is 3. The normalized spacial score (nSPS) is 8.62. The van der Waals surface area contributed by atoms with Crippen LogP contribution >= 0.6 is 11.8 Å². The third-order valence-corrected chi connectivity index (χ3v) is 2.31. The molecule has 0 aliphatic rings. The molecule has 1 aromatic rings. The fraction of sp³-hybridized carbons (Fsp3) is 0. The fourth-order valence-corrected chi connectivity index (χ4v) is 1.35. The molecule has 0 amide bonds. The number of thioether (sulfide) groups is 1. The van der Waals surface area contributed by atoms with Gasteiger partial charge >= 0.3 is 0 Å². The molecule has 0 unspecified atom stereocenters. The van der Waals surface area contributed by atoms with Gasteiger partial charge in [-0.15, -0.1) is 0 Å². The van der Waals surface area contributed by atoms with Crippen molar-refractivity contribution < 1.29 is 4.92 Å². The van der Waals surface area contributed by atoms with Gasteiger partial charge in [0.1, 0.15) is 28.9 Å². The van der Waals surface area contributed by atoms with Gasteiger partial charge in [0.05, 0.1) is 4.92 Å². The van der Waals surface area contributed by atoms with Gasteiger partial charge in [-0.25, -0.2) is 4.98 Å². The van der Waals surface area contributed by atoms with Gasteiger partial charge in [0, 0.05) is 11.5 Å². The number of hydrogen-bond acceptors (Lipinski definition) is 6. The molecule has 78 valence electrons. The quantitative estimate of drug-likeness (QED) is 0.341. The minimum atomic E-state index is -0.548. The molecule has 7 heteroatoms. The molecule has 0 bridgehead atoms. The van der Waals surface area contributed by atoms with Crippen LogP contribution in [0.15, 0.2) is 34.3 Å². The van der Waals surface area contributed by atoms with Gasteiger partial charge in [-0.3, -0.25) is 10.1 Å². The third-order valence-electron chi connectivity index (χ3n) is 1.47. The number of nitro groups is 1. The summed E-state index contributed by atoms with van der Waals surface area (Å²) in [5.41, 5.74) is -0.140. The predicted octanol–water partition coefficient (Wildman–Crippen LogP) is 2.01. The van der Waals surface area contributed by atoms with E-state index in [-0.39, 0.29) is 11.3 Å². The lowest BCUT2D eigenvalue weighted by atomic mass is 10.4. The van der Waals surface area contributed by atoms with Crippen LogP contribution in [0.5, 0.6) is 0 Å². The summed E-state index contributed by atoms with van der Waals surface area (Å²) >= 11 is 1.06. The molecule has 0 aliphatic heterocycles. The van der Waals surface area contributed by atoms with E-state index in [0.29, 0.717) is 5.03 Å². The lowest BCUT2D eigenvalue weighted by Gasteiger charge is -1.94. The zero-order valence-electron chi connectivity index (χ0n) is 7.82. The van der Waals surface area contributed by atoms with Crippen molar-refractivity contribution in [1.29, 1.82) is 10.5 Å². The minimum Gasteiger partial charge on any atom is -0.258 e. The molecular formula is C9H4N4O2S. The van der Waals surface area contributed by atoms with Crippen molar-refractivity contribution >= 4 is 17.4 Å². The number of hydrogen-bond donors (Lipinski definition) is 0. The zero-order chi connectivity index (χ0) is 12.0. The Bertz CT molecular complexity index is 494. The molecule has 0 aliphatic carbocycles. The van der Waals surface area contributed by atoms with E-state index >= 15 is 0 Å². The van der Waals surface area contributed by atoms with Gasteiger partial charge in [-0.2, -0.15) is 10.5 Å². The van der Waals surface area contributed by atoms with Crippen molar-refractivity contribution in [2.24, 2.45) is 0 Å². The van der Waals surface area contributed by atoms with Crippen molar-refractivity contribution in [1.82, 2.24) is 4.98 Å². The fourth-order valence-electron chi connectivity index (χ4n) is 0.747. The molecule has 1 aromatic heterocycles. The van der Waals surface area contributed by atoms with Crippen LogP contribution < -0.4 is 0 Å². The molecule has 0 radical (unpaired) electrons. The zero-order valence-corrected chi connectivity index (χ0v) is 8.64. The van der Waals surface area contributed by atoms with Gasteiger partial charge in [0.15, 0.2) is 0 Å². The maximum Gasteiger partial charge on any atom is 0.287 e. The van der Waals surface area contributed by atoms with Crippen LogP contribution in [0.4, 0.5) is 5.69 Å². The standard InChI is InChI=1S/C9H4N4O2S/c10-3-7(4-11)6-16-9-2-1-8(5-12-9)13(14)15/h1-2,5-6H. The van der Waals surface area contributed by atoms with Gasteiger partial charge in [-0.05, 0) is 6.07 Å². The molecule has 6 nitrogen and oxygen atoms in total. The summed E-state index contributed by atoms with van der Waals surface area (Å²) in [6.45, 7) is 0. The van der Waals surface area contributed by atoms with Gasteiger partial charge < -0.3 is 0 Å². The van der Waals surface area contributed by atoms with E-state index in [9.17, 15) is 10.1 Å². The van der Waals surface area contributed by atoms with Crippen LogP contribution in [0.1, 0.15) is 0 Å². The number of pyridine rings is 1. The molecule has 1 heterocycles. The molecule has 16 heavy (non-hydrogen) atoms. The highest BCUT2D eigenvalue weighted by molar-refractivity contribution is 8.02. The summed E-state index contributed by atoms with van der Waals surface area (Å²) in [6, 6.07) is 6.15. The van der Waals surface area contributed by atoms with Crippen LogP contribution in [-0.4, -0.2) is 9.91 Å². The Kier molecular flexibility index (Phi) is 4.01. The number of allylic oxidation sites excluding steroid dienone is 1. The summed E-state index contributed by atoms with van der Waals surface area (Å²) in [5, 5.41) is 29.1. The second-order valence-electron chi connectivity index (χ2n) is 2.48. The highest BCUT2D eigenvalue weighted by Gasteiger charge is 2.04. The predicted molar refractivity (Wildman–Crippen MR) is 56.1 cm³/mol. The van der Waals surface area contributed by atoms with Crippen LogP contribution in [0.2, 0.25) is 0 Å². The minimum absolute atomic E-state index is 0.0369. The monoisotopic (exact) mass is 232 g/mol. The summed E-state index contributed by atoms with van der Waals surface area (Å²) < 4.78 is 0. The SMILES string of the molecule is N#CC(C#N)=CSc1ccc([N+](=O)[O-])cn1. The first-order chi connectivity index (χ1) is 7.67. The largest absolute Gasteiger partial charge is 0.287 e. The van der Waals surface area contributed by atoms with Crippen LogP contribution in [0.25, 0.3) is 0 Å². The summed E-state index contributed by atoms with van der Waals surface area (Å²) in [4.78, 5) is 13.6. The summed E-state index contributed by atoms with van der Waals surface area (Å²) in [7, 11) is 0. The average molecular weight is 232 g/mol. The second-order valence-corrected chi connectivity index (χ2v) is 3.37. The Hall–Kier alpha value is -2.38. The van der Waals surface area contributed by atoms with E-state index in [0.717, 1.165) is 18.0 Å². The topological polar surface area (TPSA) is 104 Å². The van der Waals surface area contributed by atoms with Crippen molar-refractivity contribution in [2.45, 2.75) is 5.03 Å². The van der Waals surface area contributed by atoms with E-state index in [2.05, 4.69) is 4.98 Å². The molecule has 1 rings (SSSR count). The van der Waals surface area contributed by atoms with Gasteiger partial charge in [0.25, 0.3) is 5.69 Å². The maximum atomic E-state index is 10.3. The number of nitriles is 2. The van der Waals surface area contributed by atoms with E-state index < -0.39 is 4.92 Å². The Balaban J connectivity index is 2.78. The first kappa shape index (κ1) is 11.7. The molecule has 0 atom stereocenters. The van der Waals surface area contributed by atoms with E-state index in [1.807, 2.05) is 0 Å². The third kappa shape index (κ3) is 3.08. The van der Waals surface area contributed by atoms with Crippen molar-refractivity contribution in [3.63, 3.8) is 0 Å². The summed E-state index contributed by atoms with van der Waals surface area (Å²) in [5.74, 6) is 0.